The summed E-state index contributed by atoms with van der Waals surface area (Å²) in [4.78, 5) is 23.8. The second-order valence-corrected chi connectivity index (χ2v) is 8.03. The number of anilines is 1. The fourth-order valence-electron chi connectivity index (χ4n) is 2.29. The zero-order valence-electron chi connectivity index (χ0n) is 16.8. The fraction of sp³-hybridized carbons (Fsp3) is 0.600. The number of urea groups is 1. The van der Waals surface area contributed by atoms with E-state index in [4.69, 9.17) is 4.74 Å². The van der Waals surface area contributed by atoms with Gasteiger partial charge in [-0.25, -0.2) is 9.59 Å². The Morgan fingerprint density at radius 2 is 1.81 bits per heavy atom. The van der Waals surface area contributed by atoms with Crippen molar-refractivity contribution in [1.82, 2.24) is 10.6 Å². The van der Waals surface area contributed by atoms with Gasteiger partial charge in [0.05, 0.1) is 0 Å². The quantitative estimate of drug-likeness (QED) is 0.659. The summed E-state index contributed by atoms with van der Waals surface area (Å²) in [6, 6.07) is 7.26. The van der Waals surface area contributed by atoms with Crippen LogP contribution in [0, 0.1) is 5.92 Å². The lowest BCUT2D eigenvalue weighted by Crippen LogP contribution is -2.36. The topological polar surface area (TPSA) is 79.5 Å². The minimum absolute atomic E-state index is 0.120. The van der Waals surface area contributed by atoms with Gasteiger partial charge in [-0.2, -0.15) is 0 Å². The molecule has 0 aliphatic carbocycles. The SMILES string of the molecule is CC(C)CCC(C)NC(=O)Nc1cccc(CNC(=O)OC(C)(C)C)c1. The Morgan fingerprint density at radius 3 is 2.42 bits per heavy atom. The third-order valence-electron chi connectivity index (χ3n) is 3.58. The molecular formula is C20H33N3O3. The van der Waals surface area contributed by atoms with E-state index in [1.54, 1.807) is 0 Å². The molecule has 0 saturated heterocycles. The van der Waals surface area contributed by atoms with E-state index in [-0.39, 0.29) is 12.1 Å². The van der Waals surface area contributed by atoms with Crippen LogP contribution in [-0.2, 0) is 11.3 Å². The van der Waals surface area contributed by atoms with Crippen molar-refractivity contribution in [2.24, 2.45) is 5.92 Å². The lowest BCUT2D eigenvalue weighted by Gasteiger charge is -2.19. The predicted octanol–water partition coefficient (Wildman–Crippen LogP) is 4.66. The Hall–Kier alpha value is -2.24. The number of carbonyl (C=O) groups is 2. The van der Waals surface area contributed by atoms with Crippen LogP contribution in [0.4, 0.5) is 15.3 Å². The number of hydrogen-bond donors (Lipinski definition) is 3. The van der Waals surface area contributed by atoms with E-state index >= 15 is 0 Å². The molecule has 0 aromatic heterocycles. The standard InChI is InChI=1S/C20H33N3O3/c1-14(2)10-11-15(3)22-18(24)23-17-9-7-8-16(12-17)13-21-19(25)26-20(4,5)6/h7-9,12,14-15H,10-11,13H2,1-6H3,(H,21,25)(H2,22,23,24). The second-order valence-electron chi connectivity index (χ2n) is 8.03. The van der Waals surface area contributed by atoms with Gasteiger partial charge in [-0.15, -0.1) is 0 Å². The summed E-state index contributed by atoms with van der Waals surface area (Å²) in [6.07, 6.45) is 1.56. The highest BCUT2D eigenvalue weighted by molar-refractivity contribution is 5.89. The maximum Gasteiger partial charge on any atom is 0.407 e. The fourth-order valence-corrected chi connectivity index (χ4v) is 2.29. The summed E-state index contributed by atoms with van der Waals surface area (Å²) in [5.41, 5.74) is 1.03. The number of benzene rings is 1. The molecular weight excluding hydrogens is 330 g/mol. The first-order chi connectivity index (χ1) is 12.0. The van der Waals surface area contributed by atoms with Crippen LogP contribution in [-0.4, -0.2) is 23.8 Å². The van der Waals surface area contributed by atoms with E-state index in [9.17, 15) is 9.59 Å². The van der Waals surface area contributed by atoms with Gasteiger partial charge in [-0.05, 0) is 64.2 Å². The maximum absolute atomic E-state index is 12.1. The smallest absolute Gasteiger partial charge is 0.407 e. The van der Waals surface area contributed by atoms with Crippen molar-refractivity contribution < 1.29 is 14.3 Å². The zero-order chi connectivity index (χ0) is 19.7. The molecule has 3 amide bonds. The lowest BCUT2D eigenvalue weighted by molar-refractivity contribution is 0.0523. The van der Waals surface area contributed by atoms with E-state index in [0.717, 1.165) is 18.4 Å². The Kier molecular flexibility index (Phi) is 8.42. The molecule has 0 aliphatic heterocycles. The van der Waals surface area contributed by atoms with Crippen molar-refractivity contribution in [3.8, 4) is 0 Å². The van der Waals surface area contributed by atoms with Crippen LogP contribution in [0.5, 0.6) is 0 Å². The molecule has 0 fully saturated rings. The van der Waals surface area contributed by atoms with E-state index in [2.05, 4.69) is 29.8 Å². The molecule has 6 nitrogen and oxygen atoms in total. The predicted molar refractivity (Wildman–Crippen MR) is 105 cm³/mol. The molecule has 1 atom stereocenters. The number of ether oxygens (including phenoxy) is 1. The molecule has 1 aromatic rings. The van der Waals surface area contributed by atoms with E-state index in [0.29, 0.717) is 18.2 Å². The summed E-state index contributed by atoms with van der Waals surface area (Å²) >= 11 is 0. The molecule has 1 unspecified atom stereocenters. The molecule has 1 aromatic carbocycles. The Bertz CT molecular complexity index is 594. The van der Waals surface area contributed by atoms with Crippen molar-refractivity contribution in [2.45, 2.75) is 72.6 Å². The van der Waals surface area contributed by atoms with E-state index in [1.807, 2.05) is 52.0 Å². The van der Waals surface area contributed by atoms with Crippen LogP contribution in [0.25, 0.3) is 0 Å². The van der Waals surface area contributed by atoms with Gasteiger partial charge in [0.2, 0.25) is 0 Å². The van der Waals surface area contributed by atoms with Gasteiger partial charge in [-0.3, -0.25) is 0 Å². The Balaban J connectivity index is 2.48. The van der Waals surface area contributed by atoms with Crippen LogP contribution < -0.4 is 16.0 Å². The highest BCUT2D eigenvalue weighted by Gasteiger charge is 2.15. The molecule has 0 spiro atoms. The number of amides is 3. The van der Waals surface area contributed by atoms with Crippen molar-refractivity contribution in [1.29, 1.82) is 0 Å². The van der Waals surface area contributed by atoms with Crippen molar-refractivity contribution in [2.75, 3.05) is 5.32 Å². The van der Waals surface area contributed by atoms with E-state index < -0.39 is 11.7 Å². The average Bonchev–Trinajstić information content (AvgIpc) is 2.49. The van der Waals surface area contributed by atoms with Gasteiger partial charge in [-0.1, -0.05) is 26.0 Å². The zero-order valence-corrected chi connectivity index (χ0v) is 16.8. The van der Waals surface area contributed by atoms with Crippen LogP contribution >= 0.6 is 0 Å². The van der Waals surface area contributed by atoms with Crippen LogP contribution in [0.1, 0.15) is 59.9 Å². The summed E-state index contributed by atoms with van der Waals surface area (Å²) in [6.45, 7) is 12.1. The molecule has 146 valence electrons. The third kappa shape index (κ3) is 9.91. The second kappa shape index (κ2) is 10.0. The van der Waals surface area contributed by atoms with Crippen LogP contribution in [0.15, 0.2) is 24.3 Å². The molecule has 3 N–H and O–H groups in total. The van der Waals surface area contributed by atoms with Gasteiger partial charge < -0.3 is 20.7 Å². The number of alkyl carbamates (subject to hydrolysis) is 1. The third-order valence-corrected chi connectivity index (χ3v) is 3.58. The summed E-state index contributed by atoms with van der Waals surface area (Å²) in [5, 5.41) is 8.48. The first-order valence-electron chi connectivity index (χ1n) is 9.18. The molecule has 6 heteroatoms. The highest BCUT2D eigenvalue weighted by atomic mass is 16.6. The maximum atomic E-state index is 12.1. The summed E-state index contributed by atoms with van der Waals surface area (Å²) in [7, 11) is 0. The largest absolute Gasteiger partial charge is 0.444 e. The minimum Gasteiger partial charge on any atom is -0.444 e. The van der Waals surface area contributed by atoms with Crippen LogP contribution in [0.2, 0.25) is 0 Å². The average molecular weight is 364 g/mol. The van der Waals surface area contributed by atoms with Crippen molar-refractivity contribution in [3.63, 3.8) is 0 Å². The number of nitrogens with one attached hydrogen (secondary N) is 3. The van der Waals surface area contributed by atoms with Gasteiger partial charge in [0, 0.05) is 18.3 Å². The van der Waals surface area contributed by atoms with Gasteiger partial charge in [0.1, 0.15) is 5.60 Å². The van der Waals surface area contributed by atoms with Crippen LogP contribution in [0.3, 0.4) is 0 Å². The molecule has 0 radical (unpaired) electrons. The molecule has 0 heterocycles. The van der Waals surface area contributed by atoms with Gasteiger partial charge in [0.25, 0.3) is 0 Å². The molecule has 0 aliphatic rings. The first kappa shape index (κ1) is 21.8. The van der Waals surface area contributed by atoms with E-state index in [1.165, 1.54) is 0 Å². The normalized spacial score (nSPS) is 12.4. The Labute approximate surface area is 157 Å². The molecule has 0 bridgehead atoms. The monoisotopic (exact) mass is 363 g/mol. The summed E-state index contributed by atoms with van der Waals surface area (Å²) in [5.74, 6) is 0.622. The number of hydrogen-bond acceptors (Lipinski definition) is 3. The minimum atomic E-state index is -0.530. The van der Waals surface area contributed by atoms with Crippen molar-refractivity contribution in [3.05, 3.63) is 29.8 Å². The number of rotatable bonds is 7. The lowest BCUT2D eigenvalue weighted by atomic mass is 10.0. The Morgan fingerprint density at radius 1 is 1.12 bits per heavy atom. The highest BCUT2D eigenvalue weighted by Crippen LogP contribution is 2.12. The molecule has 0 saturated carbocycles. The molecule has 26 heavy (non-hydrogen) atoms. The first-order valence-corrected chi connectivity index (χ1v) is 9.18. The van der Waals surface area contributed by atoms with Gasteiger partial charge >= 0.3 is 12.1 Å². The molecule has 1 rings (SSSR count). The van der Waals surface area contributed by atoms with Crippen molar-refractivity contribution >= 4 is 17.8 Å². The van der Waals surface area contributed by atoms with Gasteiger partial charge in [0.15, 0.2) is 0 Å². The number of carbonyl (C=O) groups excluding carboxylic acids is 2. The summed E-state index contributed by atoms with van der Waals surface area (Å²) < 4.78 is 5.21.